The molecule has 16 heteroatoms. The van der Waals surface area contributed by atoms with Gasteiger partial charge in [-0.05, 0) is 371 Å². The predicted molar refractivity (Wildman–Crippen MR) is 470 cm³/mol. The molecule has 4 aliphatic heterocycles. The Morgan fingerprint density at radius 1 is 0.250 bits per heavy atom. The first-order valence-electron chi connectivity index (χ1n) is 51.3. The van der Waals surface area contributed by atoms with Gasteiger partial charge < -0.3 is 56.8 Å². The quantitative estimate of drug-likeness (QED) is 0.180. The zero-order chi connectivity index (χ0) is 86.2. The lowest BCUT2D eigenvalue weighted by molar-refractivity contribution is -0.276. The van der Waals surface area contributed by atoms with E-state index in [1.165, 1.54) is 128 Å². The highest BCUT2D eigenvalue weighted by Crippen LogP contribution is 2.76. The van der Waals surface area contributed by atoms with Gasteiger partial charge in [0.05, 0.1) is 48.8 Å². The van der Waals surface area contributed by atoms with Gasteiger partial charge in [-0.3, -0.25) is 19.2 Å². The van der Waals surface area contributed by atoms with Crippen LogP contribution in [-0.4, -0.2) is 97.1 Å². The van der Waals surface area contributed by atoms with Gasteiger partial charge in [0.1, 0.15) is 24.4 Å². The first kappa shape index (κ1) is 86.7. The molecule has 20 fully saturated rings. The van der Waals surface area contributed by atoms with Crippen molar-refractivity contribution in [1.82, 2.24) is 0 Å². The molecule has 0 aromatic heterocycles. The molecule has 4 heterocycles. The van der Waals surface area contributed by atoms with Crippen molar-refractivity contribution in [1.29, 1.82) is 0 Å². The highest BCUT2D eigenvalue weighted by Gasteiger charge is 2.71. The van der Waals surface area contributed by atoms with Crippen LogP contribution < -0.4 is 0 Å². The van der Waals surface area contributed by atoms with E-state index in [2.05, 4.69) is 132 Å². The van der Waals surface area contributed by atoms with Crippen LogP contribution in [-0.2, 0) is 76.0 Å². The van der Waals surface area contributed by atoms with Gasteiger partial charge in [-0.25, -0.2) is 0 Å². The first-order valence-corrected chi connectivity index (χ1v) is 51.3. The molecule has 4 saturated heterocycles. The van der Waals surface area contributed by atoms with Crippen LogP contribution >= 0.6 is 0 Å². The summed E-state index contributed by atoms with van der Waals surface area (Å²) in [5, 5.41) is 0. The third-order valence-electron chi connectivity index (χ3n) is 43.7. The minimum Gasteiger partial charge on any atom is -0.463 e. The highest BCUT2D eigenvalue weighted by atomic mass is 16.7. The van der Waals surface area contributed by atoms with Gasteiger partial charge in [-0.1, -0.05) is 104 Å². The maximum atomic E-state index is 11.8. The second-order valence-corrected chi connectivity index (χ2v) is 48.6. The third kappa shape index (κ3) is 14.0. The molecule has 0 amide bonds. The summed E-state index contributed by atoms with van der Waals surface area (Å²) < 4.78 is 78.7. The van der Waals surface area contributed by atoms with Crippen LogP contribution in [0.4, 0.5) is 0 Å². The van der Waals surface area contributed by atoms with Crippen LogP contribution in [0.15, 0.2) is 48.5 Å². The van der Waals surface area contributed by atoms with Gasteiger partial charge in [-0.2, -0.15) is 0 Å². The molecule has 684 valence electrons. The van der Waals surface area contributed by atoms with E-state index in [0.29, 0.717) is 92.7 Å². The standard InChI is InChI=1S/2C54H78O8/c2*1-29-47-45(27-43-39-15-13-35-25-37(59-31(3)55)17-21-51(35,5)41(39)19-23-53(43,47)7)61-49(57-29)33-9-11-34(12-10-33)50-58-30(2)48-46(62-50)28-44-40-16-14-36-26-38(60-32(4)56)18-22-52(36,6)42(40)20-24-54(44,48)8/h2*9-12,29-30,35-50H,13-28H2,1-8H3/t2*29-,30-,35-,36-,37-,38-,39+,40+,41-,42-,43-,44-,45-,46-,47-,48-,49+,50+,51-,52-,53-,54-/m00/s1. The third-order valence-corrected chi connectivity index (χ3v) is 43.7. The highest BCUT2D eigenvalue weighted by molar-refractivity contribution is 5.67. The Labute approximate surface area is 742 Å². The molecule has 0 N–H and O–H groups in total. The number of ether oxygens (including phenoxy) is 12. The predicted octanol–water partition coefficient (Wildman–Crippen LogP) is 23.4. The molecular formula is C108H156O16. The van der Waals surface area contributed by atoms with Gasteiger partial charge in [-0.15, -0.1) is 0 Å². The summed E-state index contributed by atoms with van der Waals surface area (Å²) in [7, 11) is 0. The van der Waals surface area contributed by atoms with E-state index in [4.69, 9.17) is 56.8 Å². The van der Waals surface area contributed by atoms with Gasteiger partial charge in [0.2, 0.25) is 0 Å². The molecule has 2 aromatic carbocycles. The van der Waals surface area contributed by atoms with E-state index in [9.17, 15) is 19.2 Å². The van der Waals surface area contributed by atoms with Crippen LogP contribution in [0.3, 0.4) is 0 Å². The van der Waals surface area contributed by atoms with Gasteiger partial charge in [0.15, 0.2) is 25.2 Å². The van der Waals surface area contributed by atoms with E-state index in [1.807, 2.05) is 0 Å². The molecule has 20 aliphatic rings. The summed E-state index contributed by atoms with van der Waals surface area (Å²) in [6.45, 7) is 36.2. The van der Waals surface area contributed by atoms with E-state index in [1.54, 1.807) is 27.7 Å². The molecule has 0 spiro atoms. The fourth-order valence-electron chi connectivity index (χ4n) is 38.4. The Balaban J connectivity index is 0.000000152. The number of hydrogen-bond donors (Lipinski definition) is 0. The number of carbonyl (C=O) groups excluding carboxylic acids is 4. The Kier molecular flexibility index (Phi) is 22.3. The van der Waals surface area contributed by atoms with Crippen molar-refractivity contribution in [2.45, 2.75) is 415 Å². The van der Waals surface area contributed by atoms with Crippen LogP contribution in [0, 0.1) is 162 Å². The van der Waals surface area contributed by atoms with Gasteiger partial charge >= 0.3 is 23.9 Å². The number of benzene rings is 2. The SMILES string of the molecule is CC(=O)O[C@H]1CC[C@@]2(C)[C@@H](CC[C@@H]3[C@@H]2CC[C@]2(C)[C@H]4[C@H](C)O[C@@H](c5ccc([C@@H]6O[C@@H](C)[C@H]7[C@H](C[C@H]8[C@@H]9CC[C@H]%10C[C@@H](OC(C)=O)CC[C@]%10(C)[C@H]9CC[C@]78C)O6)cc5)O[C@H]4C[C@@H]32)C1.CC(=O)O[C@H]1CC[C@@]2(C)[C@@H](CC[C@@H]3[C@@H]2CC[C@]2(C)[C@H]4[C@H](C)O[C@@H](c5ccc([C@@H]6O[C@@H](C)[C@H]7[C@H](C[C@H]8[C@@H]9CC[C@H]%10C[C@@H](OC(C)=O)CC[C@]%10(C)[C@H]9CC[C@]78C)O6)cc5)O[C@H]4C[C@@H]32)C1. The van der Waals surface area contributed by atoms with Crippen molar-refractivity contribution in [3.05, 3.63) is 70.8 Å². The Morgan fingerprint density at radius 3 is 0.637 bits per heavy atom. The molecule has 0 radical (unpaired) electrons. The van der Waals surface area contributed by atoms with E-state index < -0.39 is 0 Å². The average molecular weight is 1710 g/mol. The maximum absolute atomic E-state index is 11.8. The first-order chi connectivity index (χ1) is 59.2. The van der Waals surface area contributed by atoms with Gasteiger partial charge in [0.25, 0.3) is 0 Å². The summed E-state index contributed by atoms with van der Waals surface area (Å²) in [6, 6.07) is 17.7. The normalized spacial score (nSPS) is 53.9. The molecular weight excluding hydrogens is 1550 g/mol. The molecule has 124 heavy (non-hydrogen) atoms. The fourth-order valence-corrected chi connectivity index (χ4v) is 38.4. The Morgan fingerprint density at radius 2 is 0.444 bits per heavy atom. The largest absolute Gasteiger partial charge is 0.463 e. The summed E-state index contributed by atoms with van der Waals surface area (Å²) in [4.78, 5) is 47.2. The molecule has 2 aromatic rings. The molecule has 16 aliphatic carbocycles. The molecule has 16 nitrogen and oxygen atoms in total. The average Bonchev–Trinajstić information content (AvgIpc) is 1.50. The molecule has 22 rings (SSSR count). The Bertz CT molecular complexity index is 3770. The van der Waals surface area contributed by atoms with Gasteiger partial charge in [0, 0.05) is 73.6 Å². The molecule has 44 atom stereocenters. The zero-order valence-corrected chi connectivity index (χ0v) is 78.6. The summed E-state index contributed by atoms with van der Waals surface area (Å²) in [5.74, 6) is 12.4. The topological polar surface area (TPSA) is 179 Å². The minimum absolute atomic E-state index is 0.105. The van der Waals surface area contributed by atoms with Crippen molar-refractivity contribution in [2.75, 3.05) is 0 Å². The summed E-state index contributed by atoms with van der Waals surface area (Å²) in [6.07, 6.45) is 38.4. The van der Waals surface area contributed by atoms with Crippen LogP contribution in [0.5, 0.6) is 0 Å². The van der Waals surface area contributed by atoms with Crippen molar-refractivity contribution in [2.24, 2.45) is 162 Å². The fraction of sp³-hybridized carbons (Fsp3) is 0.852. The minimum atomic E-state index is -0.360. The monoisotopic (exact) mass is 1710 g/mol. The zero-order valence-electron chi connectivity index (χ0n) is 78.6. The lowest BCUT2D eigenvalue weighted by atomic mass is 9.44. The van der Waals surface area contributed by atoms with Crippen molar-refractivity contribution >= 4 is 23.9 Å². The Hall–Kier alpha value is -4.00. The smallest absolute Gasteiger partial charge is 0.302 e. The second-order valence-electron chi connectivity index (χ2n) is 48.6. The number of fused-ring (bicyclic) bond motifs is 28. The van der Waals surface area contributed by atoms with Crippen LogP contribution in [0.1, 0.15) is 364 Å². The summed E-state index contributed by atoms with van der Waals surface area (Å²) in [5.41, 5.74) is 6.68. The molecule has 0 unspecified atom stereocenters. The number of esters is 4. The number of carbonyl (C=O) groups is 4. The number of rotatable bonds is 8. The van der Waals surface area contributed by atoms with Crippen molar-refractivity contribution in [3.63, 3.8) is 0 Å². The van der Waals surface area contributed by atoms with E-state index in [-0.39, 0.29) is 144 Å². The lowest BCUT2D eigenvalue weighted by Gasteiger charge is -2.61. The van der Waals surface area contributed by atoms with Crippen LogP contribution in [0.25, 0.3) is 0 Å². The van der Waals surface area contributed by atoms with E-state index >= 15 is 0 Å². The van der Waals surface area contributed by atoms with Crippen molar-refractivity contribution in [3.8, 4) is 0 Å². The maximum Gasteiger partial charge on any atom is 0.302 e. The lowest BCUT2D eigenvalue weighted by Crippen LogP contribution is -2.55. The second kappa shape index (κ2) is 31.9. The number of hydrogen-bond acceptors (Lipinski definition) is 16. The summed E-state index contributed by atoms with van der Waals surface area (Å²) >= 11 is 0. The molecule has 16 saturated carbocycles. The molecule has 0 bridgehead atoms. The van der Waals surface area contributed by atoms with Crippen LogP contribution in [0.2, 0.25) is 0 Å². The van der Waals surface area contributed by atoms with E-state index in [0.717, 1.165) is 147 Å². The van der Waals surface area contributed by atoms with Crippen molar-refractivity contribution < 1.29 is 76.0 Å².